The van der Waals surface area contributed by atoms with E-state index in [9.17, 15) is 18.0 Å². The average Bonchev–Trinajstić information content (AvgIpc) is 2.26. The Kier molecular flexibility index (Phi) is 4.99. The number of carbonyl (C=O) groups is 1. The molecule has 0 heterocycles. The molecule has 1 aromatic rings. The lowest BCUT2D eigenvalue weighted by Gasteiger charge is -2.12. The van der Waals surface area contributed by atoms with Gasteiger partial charge in [-0.25, -0.2) is 13.2 Å². The molecule has 94 valence electrons. The van der Waals surface area contributed by atoms with Gasteiger partial charge in [-0.3, -0.25) is 4.79 Å². The van der Waals surface area contributed by atoms with Crippen molar-refractivity contribution in [2.45, 2.75) is 19.4 Å². The normalized spacial score (nSPS) is 12.3. The third kappa shape index (κ3) is 3.46. The van der Waals surface area contributed by atoms with Gasteiger partial charge in [-0.1, -0.05) is 15.9 Å². The molecule has 1 amide bonds. The standard InChI is InChI=1S/C11H11BrF3NO/c1-6(4-5-12)16-11(17)7-2-3-8(13)10(15)9(7)14/h2-3,6H,4-5H2,1H3,(H,16,17). The fraction of sp³-hybridized carbons (Fsp3) is 0.364. The molecule has 0 fully saturated rings. The van der Waals surface area contributed by atoms with Crippen molar-refractivity contribution in [3.8, 4) is 0 Å². The van der Waals surface area contributed by atoms with E-state index in [2.05, 4.69) is 21.2 Å². The summed E-state index contributed by atoms with van der Waals surface area (Å²) in [5.74, 6) is -5.17. The minimum atomic E-state index is -1.63. The summed E-state index contributed by atoms with van der Waals surface area (Å²) in [6.45, 7) is 1.73. The Morgan fingerprint density at radius 1 is 1.35 bits per heavy atom. The zero-order chi connectivity index (χ0) is 13.0. The van der Waals surface area contributed by atoms with E-state index in [0.717, 1.165) is 12.1 Å². The Bertz CT molecular complexity index is 425. The molecular weight excluding hydrogens is 299 g/mol. The molecule has 0 aromatic heterocycles. The first-order valence-corrected chi connectivity index (χ1v) is 6.09. The number of amides is 1. The molecule has 1 aromatic carbocycles. The molecule has 0 aliphatic carbocycles. The molecule has 0 bridgehead atoms. The number of halogens is 4. The highest BCUT2D eigenvalue weighted by Crippen LogP contribution is 2.15. The summed E-state index contributed by atoms with van der Waals surface area (Å²) in [6.07, 6.45) is 0.650. The van der Waals surface area contributed by atoms with Gasteiger partial charge < -0.3 is 5.32 Å². The van der Waals surface area contributed by atoms with Gasteiger partial charge in [0.2, 0.25) is 0 Å². The highest BCUT2D eigenvalue weighted by molar-refractivity contribution is 9.09. The van der Waals surface area contributed by atoms with Crippen LogP contribution < -0.4 is 5.32 Å². The lowest BCUT2D eigenvalue weighted by molar-refractivity contribution is 0.0934. The third-order valence-corrected chi connectivity index (χ3v) is 2.66. The van der Waals surface area contributed by atoms with Gasteiger partial charge in [0, 0.05) is 11.4 Å². The second kappa shape index (κ2) is 6.05. The van der Waals surface area contributed by atoms with Crippen LogP contribution in [-0.4, -0.2) is 17.3 Å². The van der Waals surface area contributed by atoms with Crippen LogP contribution in [0.25, 0.3) is 0 Å². The zero-order valence-corrected chi connectivity index (χ0v) is 10.7. The van der Waals surface area contributed by atoms with Crippen LogP contribution in [0.3, 0.4) is 0 Å². The molecule has 0 aliphatic heterocycles. The number of alkyl halides is 1. The highest BCUT2D eigenvalue weighted by atomic mass is 79.9. The predicted molar refractivity (Wildman–Crippen MR) is 61.7 cm³/mol. The maximum Gasteiger partial charge on any atom is 0.254 e. The SMILES string of the molecule is CC(CCBr)NC(=O)c1ccc(F)c(F)c1F. The van der Waals surface area contributed by atoms with Crippen molar-refractivity contribution in [2.24, 2.45) is 0 Å². The molecule has 0 saturated heterocycles. The van der Waals surface area contributed by atoms with Crippen LogP contribution in [0.1, 0.15) is 23.7 Å². The van der Waals surface area contributed by atoms with Crippen LogP contribution in [-0.2, 0) is 0 Å². The van der Waals surface area contributed by atoms with E-state index in [1.54, 1.807) is 6.92 Å². The number of carbonyl (C=O) groups excluding carboxylic acids is 1. The number of rotatable bonds is 4. The van der Waals surface area contributed by atoms with Crippen molar-refractivity contribution in [2.75, 3.05) is 5.33 Å². The molecule has 0 spiro atoms. The van der Waals surface area contributed by atoms with Gasteiger partial charge in [0.15, 0.2) is 17.5 Å². The zero-order valence-electron chi connectivity index (χ0n) is 9.07. The second-order valence-corrected chi connectivity index (χ2v) is 4.37. The Morgan fingerprint density at radius 2 is 2.00 bits per heavy atom. The molecule has 1 unspecified atom stereocenters. The Morgan fingerprint density at radius 3 is 2.59 bits per heavy atom. The number of hydrogen-bond donors (Lipinski definition) is 1. The fourth-order valence-electron chi connectivity index (χ4n) is 1.24. The fourth-order valence-corrected chi connectivity index (χ4v) is 1.93. The average molecular weight is 310 g/mol. The summed E-state index contributed by atoms with van der Waals surface area (Å²) >= 11 is 3.20. The Hall–Kier alpha value is -1.04. The number of nitrogens with one attached hydrogen (secondary N) is 1. The van der Waals surface area contributed by atoms with E-state index in [1.165, 1.54) is 0 Å². The highest BCUT2D eigenvalue weighted by Gasteiger charge is 2.19. The first-order chi connectivity index (χ1) is 7.97. The van der Waals surface area contributed by atoms with Crippen LogP contribution in [0, 0.1) is 17.5 Å². The van der Waals surface area contributed by atoms with Crippen molar-refractivity contribution in [1.82, 2.24) is 5.32 Å². The summed E-state index contributed by atoms with van der Waals surface area (Å²) < 4.78 is 38.8. The van der Waals surface area contributed by atoms with Crippen molar-refractivity contribution in [3.63, 3.8) is 0 Å². The van der Waals surface area contributed by atoms with Crippen molar-refractivity contribution < 1.29 is 18.0 Å². The summed E-state index contributed by atoms with van der Waals surface area (Å²) in [7, 11) is 0. The maximum atomic E-state index is 13.3. The van der Waals surface area contributed by atoms with E-state index in [4.69, 9.17) is 0 Å². The minimum Gasteiger partial charge on any atom is -0.349 e. The Balaban J connectivity index is 2.86. The molecular formula is C11H11BrF3NO. The summed E-state index contributed by atoms with van der Waals surface area (Å²) in [5.41, 5.74) is -0.495. The molecule has 17 heavy (non-hydrogen) atoms. The second-order valence-electron chi connectivity index (χ2n) is 3.58. The van der Waals surface area contributed by atoms with Gasteiger partial charge in [-0.05, 0) is 25.5 Å². The van der Waals surface area contributed by atoms with E-state index in [0.29, 0.717) is 11.8 Å². The first-order valence-electron chi connectivity index (χ1n) is 4.97. The van der Waals surface area contributed by atoms with Gasteiger partial charge in [0.25, 0.3) is 5.91 Å². The Labute approximate surface area is 105 Å². The summed E-state index contributed by atoms with van der Waals surface area (Å²) in [6, 6.07) is 1.46. The predicted octanol–water partition coefficient (Wildman–Crippen LogP) is 3.01. The van der Waals surface area contributed by atoms with Gasteiger partial charge >= 0.3 is 0 Å². The van der Waals surface area contributed by atoms with Crippen LogP contribution in [0.2, 0.25) is 0 Å². The summed E-state index contributed by atoms with van der Waals surface area (Å²) in [5, 5.41) is 3.16. The van der Waals surface area contributed by atoms with E-state index < -0.39 is 28.9 Å². The van der Waals surface area contributed by atoms with Crippen LogP contribution in [0.15, 0.2) is 12.1 Å². The molecule has 1 atom stereocenters. The summed E-state index contributed by atoms with van der Waals surface area (Å²) in [4.78, 5) is 11.6. The molecule has 1 N–H and O–H groups in total. The maximum absolute atomic E-state index is 13.3. The van der Waals surface area contributed by atoms with Gasteiger partial charge in [0.1, 0.15) is 0 Å². The topological polar surface area (TPSA) is 29.1 Å². The van der Waals surface area contributed by atoms with E-state index in [-0.39, 0.29) is 6.04 Å². The van der Waals surface area contributed by atoms with Gasteiger partial charge in [-0.15, -0.1) is 0 Å². The molecule has 0 radical (unpaired) electrons. The quantitative estimate of drug-likeness (QED) is 0.672. The van der Waals surface area contributed by atoms with E-state index in [1.807, 2.05) is 0 Å². The monoisotopic (exact) mass is 309 g/mol. The first kappa shape index (κ1) is 14.0. The smallest absolute Gasteiger partial charge is 0.254 e. The van der Waals surface area contributed by atoms with Crippen LogP contribution in [0.5, 0.6) is 0 Å². The van der Waals surface area contributed by atoms with Crippen LogP contribution >= 0.6 is 15.9 Å². The lowest BCUT2D eigenvalue weighted by atomic mass is 10.1. The minimum absolute atomic E-state index is 0.186. The van der Waals surface area contributed by atoms with Crippen LogP contribution in [0.4, 0.5) is 13.2 Å². The van der Waals surface area contributed by atoms with E-state index >= 15 is 0 Å². The van der Waals surface area contributed by atoms with Gasteiger partial charge in [0.05, 0.1) is 5.56 Å². The largest absolute Gasteiger partial charge is 0.349 e. The van der Waals surface area contributed by atoms with Crippen molar-refractivity contribution >= 4 is 21.8 Å². The number of hydrogen-bond acceptors (Lipinski definition) is 1. The number of benzene rings is 1. The molecule has 1 rings (SSSR count). The van der Waals surface area contributed by atoms with Crippen molar-refractivity contribution in [1.29, 1.82) is 0 Å². The molecule has 6 heteroatoms. The third-order valence-electron chi connectivity index (χ3n) is 2.20. The molecule has 0 saturated carbocycles. The molecule has 2 nitrogen and oxygen atoms in total. The molecule has 0 aliphatic rings. The lowest BCUT2D eigenvalue weighted by Crippen LogP contribution is -2.33. The van der Waals surface area contributed by atoms with Crippen molar-refractivity contribution in [3.05, 3.63) is 35.1 Å². The van der Waals surface area contributed by atoms with Gasteiger partial charge in [-0.2, -0.15) is 0 Å².